The monoisotopic (exact) mass is 649 g/mol. The van der Waals surface area contributed by atoms with E-state index in [1.807, 2.05) is 0 Å². The Kier molecular flexibility index (Phi) is 12.4. The molecule has 45 heavy (non-hydrogen) atoms. The number of carbonyl (C=O) groups excluding carboxylic acids is 3. The van der Waals surface area contributed by atoms with Crippen LogP contribution in [0.3, 0.4) is 0 Å². The number of aliphatic hydroxyl groups excluding tert-OH is 2. The molecule has 252 valence electrons. The molecule has 1 aromatic rings. The Balaban J connectivity index is 1.38. The highest BCUT2D eigenvalue weighted by Crippen LogP contribution is 2.36. The maximum Gasteiger partial charge on any atom is 0.243 e. The van der Waals surface area contributed by atoms with Crippen molar-refractivity contribution in [2.24, 2.45) is 11.8 Å². The number of morpholine rings is 1. The van der Waals surface area contributed by atoms with Crippen molar-refractivity contribution in [3.8, 4) is 0 Å². The molecule has 2 saturated carbocycles. The minimum atomic E-state index is -4.03. The van der Waals surface area contributed by atoms with Gasteiger partial charge in [0, 0.05) is 25.4 Å². The molecule has 3 amide bonds. The number of nitrogens with zero attached hydrogens (tertiary/aromatic N) is 1. The van der Waals surface area contributed by atoms with Crippen molar-refractivity contribution >= 4 is 27.6 Å². The largest absolute Gasteiger partial charge is 0.390 e. The van der Waals surface area contributed by atoms with E-state index >= 15 is 0 Å². The molecule has 1 heterocycles. The number of ether oxygens (including phenoxy) is 1. The standard InChI is InChI=1S/C33H51N3O8S/c1-33(2,32(41)36-15-17-44-18-16-36)45(42,43)22-26(24-11-7-4-8-12-24)20-28(37)34-21-29(38)35-27(19-23-9-5-3-6-10-23)31(40)30(39)25-13-14-25/h4,7-8,11-12,23,25-27,30-31,39-40H,3,5-6,9-10,13-22H2,1-2H3,(H,34,37)(H,35,38)/t26?,27-,30-,31+/m0/s1. The van der Waals surface area contributed by atoms with Gasteiger partial charge in [0.15, 0.2) is 9.84 Å². The van der Waals surface area contributed by atoms with Gasteiger partial charge in [0.2, 0.25) is 17.7 Å². The summed E-state index contributed by atoms with van der Waals surface area (Å²) in [4.78, 5) is 40.9. The van der Waals surface area contributed by atoms with Gasteiger partial charge in [-0.3, -0.25) is 14.4 Å². The predicted molar refractivity (Wildman–Crippen MR) is 170 cm³/mol. The summed E-state index contributed by atoms with van der Waals surface area (Å²) in [6, 6.07) is 8.19. The molecule has 4 N–H and O–H groups in total. The lowest BCUT2D eigenvalue weighted by Crippen LogP contribution is -2.54. The average molecular weight is 650 g/mol. The minimum Gasteiger partial charge on any atom is -0.390 e. The molecule has 4 rings (SSSR count). The lowest BCUT2D eigenvalue weighted by molar-refractivity contribution is -0.137. The Bertz CT molecular complexity index is 1240. The summed E-state index contributed by atoms with van der Waals surface area (Å²) in [6.45, 7) is 3.82. The molecule has 1 aliphatic heterocycles. The molecule has 0 radical (unpaired) electrons. The van der Waals surface area contributed by atoms with Gasteiger partial charge < -0.3 is 30.5 Å². The lowest BCUT2D eigenvalue weighted by Gasteiger charge is -2.34. The van der Waals surface area contributed by atoms with Crippen molar-refractivity contribution < 1.29 is 37.8 Å². The van der Waals surface area contributed by atoms with Crippen molar-refractivity contribution in [3.05, 3.63) is 35.9 Å². The molecule has 3 aliphatic rings. The van der Waals surface area contributed by atoms with Crippen LogP contribution in [-0.4, -0.2) is 103 Å². The molecule has 4 atom stereocenters. The summed E-state index contributed by atoms with van der Waals surface area (Å²) in [5, 5.41) is 27.0. The van der Waals surface area contributed by atoms with Crippen LogP contribution in [0.2, 0.25) is 0 Å². The van der Waals surface area contributed by atoms with Gasteiger partial charge in [0.05, 0.1) is 37.7 Å². The second-order valence-corrected chi connectivity index (χ2v) is 16.1. The molecule has 3 fully saturated rings. The zero-order valence-electron chi connectivity index (χ0n) is 26.7. The summed E-state index contributed by atoms with van der Waals surface area (Å²) in [6.07, 6.45) is 5.53. The third-order valence-corrected chi connectivity index (χ3v) is 12.3. The Morgan fingerprint density at radius 1 is 0.978 bits per heavy atom. The number of amides is 3. The predicted octanol–water partition coefficient (Wildman–Crippen LogP) is 1.92. The normalized spacial score (nSPS) is 20.9. The van der Waals surface area contributed by atoms with Crippen LogP contribution in [-0.2, 0) is 29.0 Å². The molecule has 2 aliphatic carbocycles. The molecule has 0 bridgehead atoms. The van der Waals surface area contributed by atoms with Gasteiger partial charge in [-0.2, -0.15) is 0 Å². The van der Waals surface area contributed by atoms with E-state index in [4.69, 9.17) is 4.74 Å². The highest BCUT2D eigenvalue weighted by molar-refractivity contribution is 7.93. The SMILES string of the molecule is CC(C)(C(=O)N1CCOCC1)S(=O)(=O)CC(CC(=O)NCC(=O)N[C@@H](CC1CCCCC1)[C@@H](O)[C@@H](O)C1CC1)c1ccccc1. The van der Waals surface area contributed by atoms with E-state index in [0.29, 0.717) is 44.2 Å². The van der Waals surface area contributed by atoms with Crippen LogP contribution in [0.4, 0.5) is 0 Å². The third-order valence-electron chi connectivity index (χ3n) is 9.69. The number of rotatable bonds is 15. The van der Waals surface area contributed by atoms with Crippen molar-refractivity contribution in [2.45, 2.75) is 101 Å². The molecule has 1 aromatic carbocycles. The number of aliphatic hydroxyl groups is 2. The lowest BCUT2D eigenvalue weighted by atomic mass is 9.82. The number of hydrogen-bond acceptors (Lipinski definition) is 8. The zero-order chi connectivity index (χ0) is 32.6. The first-order valence-corrected chi connectivity index (χ1v) is 18.1. The Morgan fingerprint density at radius 2 is 1.62 bits per heavy atom. The van der Waals surface area contributed by atoms with Gasteiger partial charge >= 0.3 is 0 Å². The summed E-state index contributed by atoms with van der Waals surface area (Å²) in [5.41, 5.74) is 0.639. The summed E-state index contributed by atoms with van der Waals surface area (Å²) >= 11 is 0. The fourth-order valence-corrected chi connectivity index (χ4v) is 8.16. The molecular formula is C33H51N3O8S. The first-order valence-electron chi connectivity index (χ1n) is 16.5. The molecule has 1 unspecified atom stereocenters. The first kappa shape index (κ1) is 35.3. The van der Waals surface area contributed by atoms with E-state index in [9.17, 15) is 33.0 Å². The number of hydrogen-bond donors (Lipinski definition) is 4. The molecule has 11 nitrogen and oxygen atoms in total. The van der Waals surface area contributed by atoms with E-state index in [0.717, 1.165) is 38.5 Å². The van der Waals surface area contributed by atoms with Gasteiger partial charge in [-0.1, -0.05) is 62.4 Å². The van der Waals surface area contributed by atoms with Crippen molar-refractivity contribution in [1.82, 2.24) is 15.5 Å². The molecule has 0 aromatic heterocycles. The van der Waals surface area contributed by atoms with E-state index in [2.05, 4.69) is 10.6 Å². The smallest absolute Gasteiger partial charge is 0.243 e. The highest BCUT2D eigenvalue weighted by atomic mass is 32.2. The zero-order valence-corrected chi connectivity index (χ0v) is 27.5. The number of sulfone groups is 1. The number of carbonyl (C=O) groups is 3. The summed E-state index contributed by atoms with van der Waals surface area (Å²) in [7, 11) is -4.03. The second kappa shape index (κ2) is 15.8. The molecule has 1 saturated heterocycles. The van der Waals surface area contributed by atoms with Gasteiger partial charge in [-0.25, -0.2) is 8.42 Å². The maximum atomic E-state index is 13.7. The van der Waals surface area contributed by atoms with Gasteiger partial charge in [-0.15, -0.1) is 0 Å². The average Bonchev–Trinajstić information content (AvgIpc) is 3.89. The van der Waals surface area contributed by atoms with E-state index < -0.39 is 62.2 Å². The molecular weight excluding hydrogens is 598 g/mol. The van der Waals surface area contributed by atoms with E-state index in [-0.39, 0.29) is 18.9 Å². The second-order valence-electron chi connectivity index (χ2n) is 13.5. The van der Waals surface area contributed by atoms with Crippen LogP contribution in [0.25, 0.3) is 0 Å². The van der Waals surface area contributed by atoms with Crippen LogP contribution in [0, 0.1) is 11.8 Å². The van der Waals surface area contributed by atoms with Crippen molar-refractivity contribution in [3.63, 3.8) is 0 Å². The first-order chi connectivity index (χ1) is 21.4. The quantitative estimate of drug-likeness (QED) is 0.224. The van der Waals surface area contributed by atoms with Gasteiger partial charge in [0.25, 0.3) is 0 Å². The van der Waals surface area contributed by atoms with Crippen LogP contribution in [0.5, 0.6) is 0 Å². The van der Waals surface area contributed by atoms with Gasteiger partial charge in [-0.05, 0) is 50.5 Å². The topological polar surface area (TPSA) is 162 Å². The van der Waals surface area contributed by atoms with Gasteiger partial charge in [0.1, 0.15) is 10.9 Å². The van der Waals surface area contributed by atoms with Crippen LogP contribution in [0.1, 0.15) is 83.1 Å². The fourth-order valence-electron chi connectivity index (χ4n) is 6.50. The third kappa shape index (κ3) is 9.73. The number of nitrogens with one attached hydrogen (secondary N) is 2. The van der Waals surface area contributed by atoms with Crippen LogP contribution < -0.4 is 10.6 Å². The molecule has 0 spiro atoms. The molecule has 12 heteroatoms. The fraction of sp³-hybridized carbons (Fsp3) is 0.727. The van der Waals surface area contributed by atoms with Crippen molar-refractivity contribution in [2.75, 3.05) is 38.6 Å². The van der Waals surface area contributed by atoms with E-state index in [1.165, 1.54) is 25.2 Å². The Morgan fingerprint density at radius 3 is 2.24 bits per heavy atom. The number of benzene rings is 1. The van der Waals surface area contributed by atoms with E-state index in [1.54, 1.807) is 30.3 Å². The minimum absolute atomic E-state index is 0.0470. The van der Waals surface area contributed by atoms with Crippen LogP contribution in [0.15, 0.2) is 30.3 Å². The summed E-state index contributed by atoms with van der Waals surface area (Å²) in [5.74, 6) is -2.24. The van der Waals surface area contributed by atoms with Crippen LogP contribution >= 0.6 is 0 Å². The highest BCUT2D eigenvalue weighted by Gasteiger charge is 2.45. The Labute approximate surface area is 267 Å². The maximum absolute atomic E-state index is 13.7. The Hall–Kier alpha value is -2.54. The summed E-state index contributed by atoms with van der Waals surface area (Å²) < 4.78 is 31.0. The van der Waals surface area contributed by atoms with Crippen molar-refractivity contribution in [1.29, 1.82) is 0 Å².